The minimum Gasteiger partial charge on any atom is -0.550 e. The highest BCUT2D eigenvalue weighted by Gasteiger charge is 2.21. The molecule has 0 atom stereocenters. The lowest BCUT2D eigenvalue weighted by Gasteiger charge is -2.18. The van der Waals surface area contributed by atoms with Gasteiger partial charge in [0.1, 0.15) is 0 Å². The molecule has 0 heterocycles. The lowest BCUT2D eigenvalue weighted by atomic mass is 9.90. The second-order valence-electron chi connectivity index (χ2n) is 4.67. The fraction of sp³-hybridized carbons (Fsp3) is 0.176. The number of nitrogens with one attached hydrogen (secondary N) is 1. The maximum absolute atomic E-state index is 12.4. The summed E-state index contributed by atoms with van der Waals surface area (Å²) in [6, 6.07) is 18.8. The minimum atomic E-state index is -1.17. The van der Waals surface area contributed by atoms with Gasteiger partial charge in [0, 0.05) is 18.9 Å². The Kier molecular flexibility index (Phi) is 5.10. The first-order valence-electron chi connectivity index (χ1n) is 6.76. The van der Waals surface area contributed by atoms with Crippen LogP contribution in [-0.2, 0) is 9.59 Å². The van der Waals surface area contributed by atoms with Crippen molar-refractivity contribution in [3.05, 3.63) is 71.8 Å². The number of benzene rings is 2. The Balaban J connectivity index is 2.21. The van der Waals surface area contributed by atoms with Gasteiger partial charge in [-0.05, 0) is 11.1 Å². The summed E-state index contributed by atoms with van der Waals surface area (Å²) >= 11 is 0. The van der Waals surface area contributed by atoms with Gasteiger partial charge < -0.3 is 15.2 Å². The molecule has 4 nitrogen and oxygen atoms in total. The van der Waals surface area contributed by atoms with Gasteiger partial charge in [-0.1, -0.05) is 60.7 Å². The predicted molar refractivity (Wildman–Crippen MR) is 77.4 cm³/mol. The first-order valence-corrected chi connectivity index (χ1v) is 6.76. The van der Waals surface area contributed by atoms with Crippen molar-refractivity contribution in [1.29, 1.82) is 0 Å². The maximum Gasteiger partial charge on any atom is 0.232 e. The summed E-state index contributed by atoms with van der Waals surface area (Å²) in [7, 11) is 0. The van der Waals surface area contributed by atoms with Gasteiger partial charge >= 0.3 is 0 Å². The molecule has 1 amide bonds. The fourth-order valence-corrected chi connectivity index (χ4v) is 2.18. The minimum absolute atomic E-state index is 0.0668. The quantitative estimate of drug-likeness (QED) is 0.861. The van der Waals surface area contributed by atoms with E-state index in [1.165, 1.54) is 0 Å². The topological polar surface area (TPSA) is 69.2 Å². The largest absolute Gasteiger partial charge is 0.550 e. The van der Waals surface area contributed by atoms with Gasteiger partial charge in [-0.2, -0.15) is 0 Å². The van der Waals surface area contributed by atoms with Crippen LogP contribution in [-0.4, -0.2) is 18.4 Å². The first-order chi connectivity index (χ1) is 10.2. The van der Waals surface area contributed by atoms with Crippen molar-refractivity contribution in [3.8, 4) is 0 Å². The molecule has 0 unspecified atom stereocenters. The number of carboxylic acid groups (broad SMARTS) is 1. The molecule has 2 aromatic carbocycles. The van der Waals surface area contributed by atoms with Crippen molar-refractivity contribution in [2.24, 2.45) is 0 Å². The average molecular weight is 282 g/mol. The predicted octanol–water partition coefficient (Wildman–Crippen LogP) is 1.07. The van der Waals surface area contributed by atoms with Crippen LogP contribution in [0, 0.1) is 0 Å². The zero-order chi connectivity index (χ0) is 15.1. The molecule has 0 radical (unpaired) electrons. The smallest absolute Gasteiger partial charge is 0.232 e. The zero-order valence-corrected chi connectivity index (χ0v) is 11.5. The molecular formula is C17H16NO3-. The summed E-state index contributed by atoms with van der Waals surface area (Å²) in [6.07, 6.45) is -0.192. The Morgan fingerprint density at radius 3 is 1.81 bits per heavy atom. The van der Waals surface area contributed by atoms with Crippen LogP contribution in [0.25, 0.3) is 0 Å². The van der Waals surface area contributed by atoms with Crippen LogP contribution in [0.15, 0.2) is 60.7 Å². The SMILES string of the molecule is O=C([O-])CCNC(=O)C(c1ccccc1)c1ccccc1. The number of carbonyl (C=O) groups is 2. The van der Waals surface area contributed by atoms with Crippen LogP contribution in [0.3, 0.4) is 0 Å². The van der Waals surface area contributed by atoms with E-state index in [9.17, 15) is 14.7 Å². The summed E-state index contributed by atoms with van der Waals surface area (Å²) in [5.74, 6) is -1.84. The third-order valence-corrected chi connectivity index (χ3v) is 3.16. The maximum atomic E-state index is 12.4. The fourth-order valence-electron chi connectivity index (χ4n) is 2.18. The van der Waals surface area contributed by atoms with Gasteiger partial charge in [0.2, 0.25) is 5.91 Å². The summed E-state index contributed by atoms with van der Waals surface area (Å²) in [6.45, 7) is 0.0668. The van der Waals surface area contributed by atoms with Gasteiger partial charge in [-0.15, -0.1) is 0 Å². The molecule has 0 spiro atoms. The number of hydrogen-bond acceptors (Lipinski definition) is 3. The molecule has 21 heavy (non-hydrogen) atoms. The van der Waals surface area contributed by atoms with Gasteiger partial charge in [-0.25, -0.2) is 0 Å². The van der Waals surface area contributed by atoms with Crippen LogP contribution in [0.1, 0.15) is 23.5 Å². The molecule has 2 aromatic rings. The van der Waals surface area contributed by atoms with E-state index in [1.54, 1.807) is 0 Å². The van der Waals surface area contributed by atoms with Crippen molar-refractivity contribution < 1.29 is 14.7 Å². The summed E-state index contributed by atoms with van der Waals surface area (Å²) in [5.41, 5.74) is 1.74. The van der Waals surface area contributed by atoms with Crippen LogP contribution >= 0.6 is 0 Å². The highest BCUT2D eigenvalue weighted by molar-refractivity contribution is 5.87. The Bertz CT molecular complexity index is 556. The van der Waals surface area contributed by atoms with Crippen molar-refractivity contribution in [2.75, 3.05) is 6.54 Å². The average Bonchev–Trinajstić information content (AvgIpc) is 2.49. The van der Waals surface area contributed by atoms with Crippen molar-refractivity contribution in [3.63, 3.8) is 0 Å². The molecular weight excluding hydrogens is 266 g/mol. The number of rotatable bonds is 6. The van der Waals surface area contributed by atoms with E-state index >= 15 is 0 Å². The molecule has 108 valence electrons. The van der Waals surface area contributed by atoms with Gasteiger partial charge in [-0.3, -0.25) is 4.79 Å². The Hall–Kier alpha value is -2.62. The first kappa shape index (κ1) is 14.8. The molecule has 0 saturated carbocycles. The molecule has 1 N–H and O–H groups in total. The Morgan fingerprint density at radius 2 is 1.38 bits per heavy atom. The lowest BCUT2D eigenvalue weighted by Crippen LogP contribution is -2.34. The molecule has 4 heteroatoms. The Labute approximate surface area is 123 Å². The van der Waals surface area contributed by atoms with E-state index in [0.717, 1.165) is 11.1 Å². The standard InChI is InChI=1S/C17H17NO3/c19-15(20)11-12-18-17(21)16(13-7-3-1-4-8-13)14-9-5-2-6-10-14/h1-10,16H,11-12H2,(H,18,21)(H,19,20)/p-1. The number of aliphatic carboxylic acids is 1. The van der Waals surface area contributed by atoms with E-state index in [2.05, 4.69) is 5.32 Å². The van der Waals surface area contributed by atoms with Crippen molar-refractivity contribution in [1.82, 2.24) is 5.32 Å². The van der Waals surface area contributed by atoms with Crippen LogP contribution in [0.5, 0.6) is 0 Å². The van der Waals surface area contributed by atoms with E-state index in [4.69, 9.17) is 0 Å². The summed E-state index contributed by atoms with van der Waals surface area (Å²) in [4.78, 5) is 22.8. The molecule has 0 aliphatic carbocycles. The summed E-state index contributed by atoms with van der Waals surface area (Å²) in [5, 5.41) is 13.1. The second-order valence-corrected chi connectivity index (χ2v) is 4.67. The lowest BCUT2D eigenvalue weighted by molar-refractivity contribution is -0.305. The Morgan fingerprint density at radius 1 is 0.905 bits per heavy atom. The molecule has 0 aromatic heterocycles. The van der Waals surface area contributed by atoms with Crippen molar-refractivity contribution in [2.45, 2.75) is 12.3 Å². The number of amides is 1. The van der Waals surface area contributed by atoms with Gasteiger partial charge in [0.15, 0.2) is 0 Å². The molecule has 2 rings (SSSR count). The molecule has 0 saturated heterocycles. The third-order valence-electron chi connectivity index (χ3n) is 3.16. The number of carboxylic acids is 1. The van der Waals surface area contributed by atoms with Crippen LogP contribution in [0.2, 0.25) is 0 Å². The van der Waals surface area contributed by atoms with E-state index < -0.39 is 11.9 Å². The molecule has 0 fully saturated rings. The van der Waals surface area contributed by atoms with Gasteiger partial charge in [0.25, 0.3) is 0 Å². The molecule has 0 aliphatic rings. The second kappa shape index (κ2) is 7.24. The van der Waals surface area contributed by atoms with Crippen LogP contribution in [0.4, 0.5) is 0 Å². The normalized spacial score (nSPS) is 10.3. The highest BCUT2D eigenvalue weighted by Crippen LogP contribution is 2.24. The van der Waals surface area contributed by atoms with Crippen LogP contribution < -0.4 is 10.4 Å². The van der Waals surface area contributed by atoms with E-state index in [-0.39, 0.29) is 18.9 Å². The third kappa shape index (κ3) is 4.18. The highest BCUT2D eigenvalue weighted by atomic mass is 16.4. The monoisotopic (exact) mass is 282 g/mol. The zero-order valence-electron chi connectivity index (χ0n) is 11.5. The number of carbonyl (C=O) groups excluding carboxylic acids is 2. The van der Waals surface area contributed by atoms with Crippen molar-refractivity contribution >= 4 is 11.9 Å². The molecule has 0 aliphatic heterocycles. The van der Waals surface area contributed by atoms with E-state index in [1.807, 2.05) is 60.7 Å². The van der Waals surface area contributed by atoms with E-state index in [0.29, 0.717) is 0 Å². The summed E-state index contributed by atoms with van der Waals surface area (Å²) < 4.78 is 0. The number of hydrogen-bond donors (Lipinski definition) is 1. The molecule has 0 bridgehead atoms. The van der Waals surface area contributed by atoms with Gasteiger partial charge in [0.05, 0.1) is 5.92 Å².